The molecule has 2 aliphatic rings. The topological polar surface area (TPSA) is 63.7 Å². The predicted octanol–water partition coefficient (Wildman–Crippen LogP) is 2.29. The van der Waals surface area contributed by atoms with Crippen molar-refractivity contribution in [3.8, 4) is 0 Å². The van der Waals surface area contributed by atoms with Crippen molar-refractivity contribution in [1.29, 1.82) is 0 Å². The van der Waals surface area contributed by atoms with E-state index in [1.807, 2.05) is 35.2 Å². The van der Waals surface area contributed by atoms with Crippen molar-refractivity contribution in [3.63, 3.8) is 0 Å². The van der Waals surface area contributed by atoms with Gasteiger partial charge in [0.1, 0.15) is 0 Å². The molecule has 0 spiro atoms. The molecule has 1 aliphatic carbocycles. The van der Waals surface area contributed by atoms with Crippen LogP contribution >= 0.6 is 0 Å². The number of fused-ring (bicyclic) bond motifs is 1. The fourth-order valence-corrected chi connectivity index (χ4v) is 4.53. The van der Waals surface area contributed by atoms with Crippen LogP contribution in [0.25, 0.3) is 0 Å². The lowest BCUT2D eigenvalue weighted by atomic mass is 9.74. The van der Waals surface area contributed by atoms with Gasteiger partial charge in [-0.15, -0.1) is 0 Å². The van der Waals surface area contributed by atoms with Crippen molar-refractivity contribution in [2.45, 2.75) is 31.8 Å². The molecular formula is C17H23NO4S. The maximum atomic E-state index is 12.5. The molecule has 6 heteroatoms. The summed E-state index contributed by atoms with van der Waals surface area (Å²) >= 11 is 0. The van der Waals surface area contributed by atoms with Crippen LogP contribution in [-0.4, -0.2) is 44.7 Å². The van der Waals surface area contributed by atoms with E-state index >= 15 is 0 Å². The average Bonchev–Trinajstić information content (AvgIpc) is 2.53. The third kappa shape index (κ3) is 4.12. The maximum Gasteiger partial charge on any atom is 0.264 e. The molecule has 0 aromatic heterocycles. The first-order valence-corrected chi connectivity index (χ1v) is 9.96. The van der Waals surface area contributed by atoms with E-state index in [1.165, 1.54) is 0 Å². The van der Waals surface area contributed by atoms with E-state index in [1.54, 1.807) is 0 Å². The fourth-order valence-electron chi connectivity index (χ4n) is 3.86. The van der Waals surface area contributed by atoms with Gasteiger partial charge in [-0.2, -0.15) is 8.42 Å². The summed E-state index contributed by atoms with van der Waals surface area (Å²) in [6, 6.07) is 9.38. The summed E-state index contributed by atoms with van der Waals surface area (Å²) in [5.41, 5.74) is 0.736. The lowest BCUT2D eigenvalue weighted by Crippen LogP contribution is -2.46. The van der Waals surface area contributed by atoms with Crippen LogP contribution in [-0.2, 0) is 14.3 Å². The maximum absolute atomic E-state index is 12.5. The Labute approximate surface area is 137 Å². The summed E-state index contributed by atoms with van der Waals surface area (Å²) in [5.74, 6) is 1.00. The summed E-state index contributed by atoms with van der Waals surface area (Å²) in [5, 5.41) is 0. The monoisotopic (exact) mass is 337 g/mol. The van der Waals surface area contributed by atoms with Crippen LogP contribution in [0, 0.1) is 11.8 Å². The molecule has 0 N–H and O–H groups in total. The van der Waals surface area contributed by atoms with E-state index in [2.05, 4.69) is 0 Å². The van der Waals surface area contributed by atoms with Crippen molar-refractivity contribution in [1.82, 2.24) is 4.90 Å². The molecule has 5 nitrogen and oxygen atoms in total. The Kier molecular flexibility index (Phi) is 4.73. The summed E-state index contributed by atoms with van der Waals surface area (Å²) in [6.45, 7) is 1.50. The summed E-state index contributed by atoms with van der Waals surface area (Å²) in [6.07, 6.45) is 4.30. The number of carbonyl (C=O) groups excluding carboxylic acids is 1. The number of amides is 1. The van der Waals surface area contributed by atoms with Gasteiger partial charge in [0, 0.05) is 18.7 Å². The highest BCUT2D eigenvalue weighted by molar-refractivity contribution is 7.86. The molecule has 1 aromatic rings. The quantitative estimate of drug-likeness (QED) is 0.794. The van der Waals surface area contributed by atoms with Gasteiger partial charge < -0.3 is 4.90 Å². The molecule has 1 amide bonds. The van der Waals surface area contributed by atoms with Gasteiger partial charge in [-0.1, -0.05) is 18.2 Å². The Balaban J connectivity index is 1.60. The zero-order chi connectivity index (χ0) is 16.4. The minimum absolute atomic E-state index is 0.0959. The van der Waals surface area contributed by atoms with E-state index in [-0.39, 0.29) is 12.0 Å². The van der Waals surface area contributed by atoms with Gasteiger partial charge in [0.15, 0.2) is 0 Å². The Morgan fingerprint density at radius 3 is 2.57 bits per heavy atom. The molecule has 0 radical (unpaired) electrons. The van der Waals surface area contributed by atoms with Crippen LogP contribution in [0.15, 0.2) is 30.3 Å². The van der Waals surface area contributed by atoms with Gasteiger partial charge >= 0.3 is 0 Å². The molecule has 1 saturated heterocycles. The molecule has 1 aliphatic heterocycles. The number of hydrogen-bond acceptors (Lipinski definition) is 4. The van der Waals surface area contributed by atoms with Gasteiger partial charge in [0.2, 0.25) is 0 Å². The van der Waals surface area contributed by atoms with Crippen molar-refractivity contribution in [2.75, 3.05) is 19.3 Å². The minimum atomic E-state index is -3.39. The van der Waals surface area contributed by atoms with Gasteiger partial charge in [0.25, 0.3) is 16.0 Å². The largest absolute Gasteiger partial charge is 0.338 e. The molecule has 3 atom stereocenters. The first kappa shape index (κ1) is 16.5. The second-order valence-electron chi connectivity index (χ2n) is 6.66. The van der Waals surface area contributed by atoms with E-state index in [0.29, 0.717) is 11.8 Å². The zero-order valence-electron chi connectivity index (χ0n) is 13.3. The van der Waals surface area contributed by atoms with E-state index < -0.39 is 10.1 Å². The second-order valence-corrected chi connectivity index (χ2v) is 8.26. The number of hydrogen-bond donors (Lipinski definition) is 0. The van der Waals surface area contributed by atoms with Gasteiger partial charge in [-0.25, -0.2) is 0 Å². The highest BCUT2D eigenvalue weighted by Crippen LogP contribution is 2.38. The van der Waals surface area contributed by atoms with Gasteiger partial charge in [0.05, 0.1) is 12.4 Å². The molecule has 0 bridgehead atoms. The molecule has 1 unspecified atom stereocenters. The SMILES string of the molecule is CS(=O)(=O)OC1CC[C@@H]2CN(C(=O)c3ccccc3)CC[C@H]2C1. The Bertz CT molecular complexity index is 658. The number of nitrogens with zero attached hydrogens (tertiary/aromatic N) is 1. The average molecular weight is 337 g/mol. The van der Waals surface area contributed by atoms with Gasteiger partial charge in [-0.05, 0) is 49.7 Å². The lowest BCUT2D eigenvalue weighted by molar-refractivity contribution is 0.0295. The van der Waals surface area contributed by atoms with E-state index in [4.69, 9.17) is 4.18 Å². The second kappa shape index (κ2) is 6.61. The standard InChI is InChI=1S/C17H23NO4S/c1-23(20,21)22-16-8-7-15-12-18(10-9-14(15)11-16)17(19)13-5-3-2-4-6-13/h2-6,14-16H,7-12H2,1H3/t14-,15+,16?/m0/s1. The van der Waals surface area contributed by atoms with Crippen LogP contribution in [0.4, 0.5) is 0 Å². The Morgan fingerprint density at radius 2 is 1.87 bits per heavy atom. The molecule has 23 heavy (non-hydrogen) atoms. The minimum Gasteiger partial charge on any atom is -0.338 e. The van der Waals surface area contributed by atoms with Gasteiger partial charge in [-0.3, -0.25) is 8.98 Å². The molecule has 1 saturated carbocycles. The van der Waals surface area contributed by atoms with Crippen LogP contribution in [0.2, 0.25) is 0 Å². The van der Waals surface area contributed by atoms with Crippen molar-refractivity contribution < 1.29 is 17.4 Å². The predicted molar refractivity (Wildman–Crippen MR) is 87.5 cm³/mol. The normalized spacial score (nSPS) is 28.2. The van der Waals surface area contributed by atoms with E-state index in [9.17, 15) is 13.2 Å². The number of benzene rings is 1. The molecule has 126 valence electrons. The third-order valence-corrected chi connectivity index (χ3v) is 5.56. The molecule has 1 heterocycles. The third-order valence-electron chi connectivity index (χ3n) is 4.94. The molecule has 1 aromatic carbocycles. The van der Waals surface area contributed by atoms with Crippen molar-refractivity contribution in [2.24, 2.45) is 11.8 Å². The van der Waals surface area contributed by atoms with Crippen molar-refractivity contribution in [3.05, 3.63) is 35.9 Å². The number of likely N-dealkylation sites (tertiary alicyclic amines) is 1. The highest BCUT2D eigenvalue weighted by Gasteiger charge is 2.37. The number of piperidine rings is 1. The first-order valence-electron chi connectivity index (χ1n) is 8.15. The zero-order valence-corrected chi connectivity index (χ0v) is 14.2. The Morgan fingerprint density at radius 1 is 1.13 bits per heavy atom. The fraction of sp³-hybridized carbons (Fsp3) is 0.588. The molecule has 2 fully saturated rings. The summed E-state index contributed by atoms with van der Waals surface area (Å²) < 4.78 is 27.7. The molecule has 3 rings (SSSR count). The van der Waals surface area contributed by atoms with E-state index in [0.717, 1.165) is 50.6 Å². The lowest BCUT2D eigenvalue weighted by Gasteiger charge is -2.43. The Hall–Kier alpha value is -1.40. The first-order chi connectivity index (χ1) is 10.9. The number of rotatable bonds is 3. The number of carbonyl (C=O) groups is 1. The highest BCUT2D eigenvalue weighted by atomic mass is 32.2. The van der Waals surface area contributed by atoms with Crippen LogP contribution in [0.3, 0.4) is 0 Å². The summed E-state index contributed by atoms with van der Waals surface area (Å²) in [7, 11) is -3.39. The molecular weight excluding hydrogens is 314 g/mol. The van der Waals surface area contributed by atoms with Crippen molar-refractivity contribution >= 4 is 16.0 Å². The smallest absolute Gasteiger partial charge is 0.264 e. The van der Waals surface area contributed by atoms with Crippen LogP contribution in [0.1, 0.15) is 36.0 Å². The summed E-state index contributed by atoms with van der Waals surface area (Å²) in [4.78, 5) is 14.5. The van der Waals surface area contributed by atoms with Crippen LogP contribution < -0.4 is 0 Å². The van der Waals surface area contributed by atoms with Crippen LogP contribution in [0.5, 0.6) is 0 Å².